The molecule has 0 amide bonds. The van der Waals surface area contributed by atoms with E-state index in [1.165, 1.54) is 0 Å². The highest BCUT2D eigenvalue weighted by atomic mass is 16.4. The van der Waals surface area contributed by atoms with Crippen molar-refractivity contribution in [3.8, 4) is 0 Å². The molecular formula is C13H21NO2. The molecule has 1 atom stereocenters. The van der Waals surface area contributed by atoms with Gasteiger partial charge in [-0.05, 0) is 30.9 Å². The molecule has 1 fully saturated rings. The third-order valence-corrected chi connectivity index (χ3v) is 4.07. The van der Waals surface area contributed by atoms with Gasteiger partial charge in [0.05, 0.1) is 6.26 Å². The van der Waals surface area contributed by atoms with Crippen LogP contribution in [0.4, 0.5) is 0 Å². The van der Waals surface area contributed by atoms with Gasteiger partial charge in [0.25, 0.3) is 0 Å². The summed E-state index contributed by atoms with van der Waals surface area (Å²) in [5, 5.41) is 10.4. The largest absolute Gasteiger partial charge is 0.467 e. The maximum absolute atomic E-state index is 10.4. The van der Waals surface area contributed by atoms with Crippen LogP contribution >= 0.6 is 0 Å². The molecule has 1 heterocycles. The summed E-state index contributed by atoms with van der Waals surface area (Å²) in [4.78, 5) is 0. The second-order valence-electron chi connectivity index (χ2n) is 5.17. The van der Waals surface area contributed by atoms with Crippen molar-refractivity contribution in [2.45, 2.75) is 38.7 Å². The van der Waals surface area contributed by atoms with Gasteiger partial charge in [0.15, 0.2) is 0 Å². The predicted octanol–water partition coefficient (Wildman–Crippen LogP) is 2.47. The van der Waals surface area contributed by atoms with Crippen molar-refractivity contribution in [1.29, 1.82) is 0 Å². The lowest BCUT2D eigenvalue weighted by Crippen LogP contribution is -2.39. The Labute approximate surface area is 96.6 Å². The molecule has 3 heteroatoms. The Balaban J connectivity index is 2.15. The molecule has 0 radical (unpaired) electrons. The monoisotopic (exact) mass is 223 g/mol. The molecule has 1 aromatic heterocycles. The summed E-state index contributed by atoms with van der Waals surface area (Å²) in [5.41, 5.74) is 5.71. The van der Waals surface area contributed by atoms with Crippen LogP contribution in [0.25, 0.3) is 0 Å². The number of aliphatic hydroxyl groups excluding tert-OH is 1. The Morgan fingerprint density at radius 2 is 2.25 bits per heavy atom. The van der Waals surface area contributed by atoms with E-state index in [0.29, 0.717) is 12.3 Å². The Hall–Kier alpha value is -0.800. The minimum absolute atomic E-state index is 0.176. The maximum atomic E-state index is 10.4. The molecule has 2 rings (SSSR count). The molecule has 0 aromatic carbocycles. The summed E-state index contributed by atoms with van der Waals surface area (Å²) in [6.45, 7) is 2.79. The van der Waals surface area contributed by atoms with Gasteiger partial charge in [-0.25, -0.2) is 0 Å². The van der Waals surface area contributed by atoms with Gasteiger partial charge in [-0.15, -0.1) is 0 Å². The topological polar surface area (TPSA) is 59.4 Å². The highest BCUT2D eigenvalue weighted by Gasteiger charge is 2.41. The van der Waals surface area contributed by atoms with Gasteiger partial charge in [-0.1, -0.05) is 19.8 Å². The molecule has 1 saturated carbocycles. The summed E-state index contributed by atoms with van der Waals surface area (Å²) < 4.78 is 5.30. The molecule has 1 aliphatic carbocycles. The van der Waals surface area contributed by atoms with Crippen LogP contribution < -0.4 is 5.73 Å². The van der Waals surface area contributed by atoms with E-state index in [-0.39, 0.29) is 5.41 Å². The Morgan fingerprint density at radius 3 is 2.75 bits per heavy atom. The average molecular weight is 223 g/mol. The second kappa shape index (κ2) is 4.60. The Bertz CT molecular complexity index is 313. The van der Waals surface area contributed by atoms with E-state index in [1.807, 2.05) is 12.1 Å². The predicted molar refractivity (Wildman–Crippen MR) is 62.8 cm³/mol. The maximum Gasteiger partial charge on any atom is 0.132 e. The number of hydrogen-bond donors (Lipinski definition) is 2. The van der Waals surface area contributed by atoms with Crippen LogP contribution in [-0.2, 0) is 0 Å². The first kappa shape index (κ1) is 11.7. The first-order valence-electron chi connectivity index (χ1n) is 6.09. The van der Waals surface area contributed by atoms with Crippen molar-refractivity contribution in [2.24, 2.45) is 17.1 Å². The molecule has 0 bridgehead atoms. The lowest BCUT2D eigenvalue weighted by molar-refractivity contribution is -0.0211. The molecule has 3 nitrogen and oxygen atoms in total. The quantitative estimate of drug-likeness (QED) is 0.827. The zero-order chi connectivity index (χ0) is 11.6. The van der Waals surface area contributed by atoms with E-state index in [9.17, 15) is 5.11 Å². The minimum Gasteiger partial charge on any atom is -0.467 e. The van der Waals surface area contributed by atoms with E-state index < -0.39 is 6.10 Å². The molecule has 1 aliphatic rings. The fourth-order valence-electron chi connectivity index (χ4n) is 2.67. The fraction of sp³-hybridized carbons (Fsp3) is 0.692. The number of aliphatic hydroxyl groups is 1. The summed E-state index contributed by atoms with van der Waals surface area (Å²) in [7, 11) is 0. The van der Waals surface area contributed by atoms with Crippen molar-refractivity contribution in [2.75, 3.05) is 6.54 Å². The lowest BCUT2D eigenvalue weighted by Gasteiger charge is -2.41. The summed E-state index contributed by atoms with van der Waals surface area (Å²) in [6.07, 6.45) is 5.33. The van der Waals surface area contributed by atoms with Crippen LogP contribution in [0.3, 0.4) is 0 Å². The van der Waals surface area contributed by atoms with E-state index in [2.05, 4.69) is 6.92 Å². The van der Waals surface area contributed by atoms with Gasteiger partial charge in [0, 0.05) is 12.0 Å². The van der Waals surface area contributed by atoms with E-state index in [0.717, 1.165) is 31.6 Å². The molecule has 0 saturated heterocycles. The van der Waals surface area contributed by atoms with Crippen LogP contribution in [0.5, 0.6) is 0 Å². The third-order valence-electron chi connectivity index (χ3n) is 4.07. The smallest absolute Gasteiger partial charge is 0.132 e. The van der Waals surface area contributed by atoms with Gasteiger partial charge < -0.3 is 15.3 Å². The van der Waals surface area contributed by atoms with Gasteiger partial charge in [0.2, 0.25) is 0 Å². The summed E-state index contributed by atoms with van der Waals surface area (Å²) in [5.74, 6) is 1.41. The molecule has 90 valence electrons. The second-order valence-corrected chi connectivity index (χ2v) is 5.17. The standard InChI is InChI=1S/C13H21NO2/c1-10-4-6-13(9-14,7-5-10)12(15)11-3-2-8-16-11/h2-3,8,10,12,15H,4-7,9,14H2,1H3. The van der Waals surface area contributed by atoms with Crippen molar-refractivity contribution in [3.05, 3.63) is 24.2 Å². The van der Waals surface area contributed by atoms with E-state index >= 15 is 0 Å². The zero-order valence-electron chi connectivity index (χ0n) is 9.86. The molecule has 0 aliphatic heterocycles. The molecule has 1 aromatic rings. The van der Waals surface area contributed by atoms with Crippen LogP contribution in [0, 0.1) is 11.3 Å². The van der Waals surface area contributed by atoms with Crippen LogP contribution in [0.15, 0.2) is 22.8 Å². The fourth-order valence-corrected chi connectivity index (χ4v) is 2.67. The lowest BCUT2D eigenvalue weighted by atomic mass is 9.67. The molecule has 16 heavy (non-hydrogen) atoms. The van der Waals surface area contributed by atoms with Gasteiger partial charge in [-0.3, -0.25) is 0 Å². The van der Waals surface area contributed by atoms with Crippen LogP contribution in [-0.4, -0.2) is 11.7 Å². The number of hydrogen-bond acceptors (Lipinski definition) is 3. The Kier molecular flexibility index (Phi) is 3.36. The molecular weight excluding hydrogens is 202 g/mol. The highest BCUT2D eigenvalue weighted by molar-refractivity contribution is 5.08. The normalized spacial score (nSPS) is 32.6. The van der Waals surface area contributed by atoms with E-state index in [1.54, 1.807) is 6.26 Å². The highest BCUT2D eigenvalue weighted by Crippen LogP contribution is 2.46. The van der Waals surface area contributed by atoms with E-state index in [4.69, 9.17) is 10.2 Å². The Morgan fingerprint density at radius 1 is 1.56 bits per heavy atom. The van der Waals surface area contributed by atoms with Crippen molar-refractivity contribution < 1.29 is 9.52 Å². The first-order chi connectivity index (χ1) is 7.68. The molecule has 3 N–H and O–H groups in total. The third kappa shape index (κ3) is 2.02. The number of nitrogens with two attached hydrogens (primary N) is 1. The zero-order valence-corrected chi connectivity index (χ0v) is 9.86. The van der Waals surface area contributed by atoms with Gasteiger partial charge in [0.1, 0.15) is 11.9 Å². The van der Waals surface area contributed by atoms with Crippen LogP contribution in [0.1, 0.15) is 44.5 Å². The first-order valence-corrected chi connectivity index (χ1v) is 6.09. The molecule has 1 unspecified atom stereocenters. The van der Waals surface area contributed by atoms with Crippen molar-refractivity contribution in [3.63, 3.8) is 0 Å². The summed E-state index contributed by atoms with van der Waals surface area (Å²) in [6, 6.07) is 3.65. The minimum atomic E-state index is -0.556. The number of furan rings is 1. The van der Waals surface area contributed by atoms with Gasteiger partial charge >= 0.3 is 0 Å². The number of rotatable bonds is 3. The van der Waals surface area contributed by atoms with Crippen molar-refractivity contribution >= 4 is 0 Å². The van der Waals surface area contributed by atoms with Crippen molar-refractivity contribution in [1.82, 2.24) is 0 Å². The summed E-state index contributed by atoms with van der Waals surface area (Å²) >= 11 is 0. The SMILES string of the molecule is CC1CCC(CN)(C(O)c2ccco2)CC1. The average Bonchev–Trinajstić information content (AvgIpc) is 2.83. The van der Waals surface area contributed by atoms with Gasteiger partial charge in [-0.2, -0.15) is 0 Å². The van der Waals surface area contributed by atoms with Crippen LogP contribution in [0.2, 0.25) is 0 Å². The molecule has 0 spiro atoms.